The van der Waals surface area contributed by atoms with E-state index in [0.29, 0.717) is 17.2 Å². The van der Waals surface area contributed by atoms with Crippen LogP contribution in [0.5, 0.6) is 5.75 Å². The third-order valence-corrected chi connectivity index (χ3v) is 7.22. The molecule has 3 aromatic rings. The minimum atomic E-state index is 0.215. The van der Waals surface area contributed by atoms with Crippen LogP contribution in [0.25, 0.3) is 11.3 Å². The molecule has 0 unspecified atom stereocenters. The lowest BCUT2D eigenvalue weighted by Crippen LogP contribution is -2.58. The number of fused-ring (bicyclic) bond motifs is 3. The van der Waals surface area contributed by atoms with Gasteiger partial charge in [0, 0.05) is 49.6 Å². The predicted octanol–water partition coefficient (Wildman–Crippen LogP) is 3.81. The van der Waals surface area contributed by atoms with Crippen molar-refractivity contribution in [2.45, 2.75) is 44.1 Å². The molecule has 1 aliphatic carbocycles. The summed E-state index contributed by atoms with van der Waals surface area (Å²) in [4.78, 5) is 14.3. The maximum Gasteiger partial charge on any atom is 0.225 e. The topological polar surface area (TPSA) is 90.3 Å². The number of hydrogen-bond donors (Lipinski definition) is 2. The van der Waals surface area contributed by atoms with Crippen molar-refractivity contribution < 1.29 is 5.11 Å². The lowest BCUT2D eigenvalue weighted by atomic mass is 9.87. The number of nitrogens with one attached hydrogen (secondary N) is 1. The van der Waals surface area contributed by atoms with Gasteiger partial charge in [0.25, 0.3) is 0 Å². The molecule has 2 fully saturated rings. The van der Waals surface area contributed by atoms with Gasteiger partial charge in [0.15, 0.2) is 5.82 Å². The van der Waals surface area contributed by atoms with E-state index in [4.69, 9.17) is 4.98 Å². The summed E-state index contributed by atoms with van der Waals surface area (Å²) in [5.41, 5.74) is 3.62. The van der Waals surface area contributed by atoms with Crippen molar-refractivity contribution in [3.63, 3.8) is 0 Å². The van der Waals surface area contributed by atoms with E-state index < -0.39 is 0 Å². The molecule has 2 aromatic heterocycles. The van der Waals surface area contributed by atoms with Crippen molar-refractivity contribution in [1.29, 1.82) is 0 Å². The summed E-state index contributed by atoms with van der Waals surface area (Å²) in [6.07, 6.45) is 8.38. The van der Waals surface area contributed by atoms with Crippen LogP contribution in [0.4, 0.5) is 17.5 Å². The Bertz CT molecular complexity index is 1150. The van der Waals surface area contributed by atoms with Crippen molar-refractivity contribution in [2.24, 2.45) is 0 Å². The largest absolute Gasteiger partial charge is 0.507 e. The molecular formula is C25H29N7O. The molecule has 170 valence electrons. The standard InChI is InChI=1S/C25H29N7O/c33-23-9-5-4-8-19(23)21-14-22-24(30-29-21)27-15-18-16-31(12-13-32(18)22)25-26-11-10-20(28-25)17-6-2-1-3-7-17/h4-5,8-11,14,17-18,33H,1-3,6-7,12-13,15-16H2,(H,27,30)/t18-/m0/s1. The van der Waals surface area contributed by atoms with Gasteiger partial charge in [-0.15, -0.1) is 10.2 Å². The van der Waals surface area contributed by atoms with E-state index >= 15 is 0 Å². The Morgan fingerprint density at radius 1 is 1.00 bits per heavy atom. The van der Waals surface area contributed by atoms with Gasteiger partial charge in [-0.1, -0.05) is 31.4 Å². The zero-order valence-electron chi connectivity index (χ0n) is 18.7. The molecule has 1 aromatic carbocycles. The summed E-state index contributed by atoms with van der Waals surface area (Å²) in [7, 11) is 0. The molecule has 0 radical (unpaired) electrons. The second-order valence-corrected chi connectivity index (χ2v) is 9.27. The molecular weight excluding hydrogens is 414 g/mol. The van der Waals surface area contributed by atoms with Crippen LogP contribution in [-0.2, 0) is 0 Å². The first kappa shape index (κ1) is 20.2. The molecule has 4 heterocycles. The smallest absolute Gasteiger partial charge is 0.225 e. The molecule has 33 heavy (non-hydrogen) atoms. The molecule has 8 nitrogen and oxygen atoms in total. The van der Waals surface area contributed by atoms with Crippen molar-refractivity contribution in [3.05, 3.63) is 48.3 Å². The van der Waals surface area contributed by atoms with Gasteiger partial charge in [-0.3, -0.25) is 0 Å². The van der Waals surface area contributed by atoms with E-state index in [1.807, 2.05) is 30.5 Å². The molecule has 1 saturated carbocycles. The first-order chi connectivity index (χ1) is 16.3. The third-order valence-electron chi connectivity index (χ3n) is 7.22. The Balaban J connectivity index is 1.23. The van der Waals surface area contributed by atoms with E-state index in [9.17, 15) is 5.11 Å². The first-order valence-electron chi connectivity index (χ1n) is 12.0. The normalized spacial score (nSPS) is 20.7. The molecule has 8 heteroatoms. The van der Waals surface area contributed by atoms with E-state index in [1.165, 1.54) is 37.8 Å². The molecule has 0 amide bonds. The molecule has 1 saturated heterocycles. The van der Waals surface area contributed by atoms with Crippen molar-refractivity contribution in [1.82, 2.24) is 20.2 Å². The van der Waals surface area contributed by atoms with Crippen LogP contribution in [0.3, 0.4) is 0 Å². The SMILES string of the molecule is Oc1ccccc1-c1cc2c(nn1)NC[C@H]1CN(c3nccc(C4CCCCC4)n3)CCN21. The van der Waals surface area contributed by atoms with Crippen molar-refractivity contribution >= 4 is 17.5 Å². The van der Waals surface area contributed by atoms with Gasteiger partial charge in [-0.05, 0) is 37.1 Å². The highest BCUT2D eigenvalue weighted by Crippen LogP contribution is 2.37. The minimum absolute atomic E-state index is 0.215. The monoisotopic (exact) mass is 443 g/mol. The number of piperazine rings is 1. The summed E-state index contributed by atoms with van der Waals surface area (Å²) in [6.45, 7) is 3.38. The van der Waals surface area contributed by atoms with Gasteiger partial charge in [0.2, 0.25) is 5.95 Å². The molecule has 0 spiro atoms. The average molecular weight is 444 g/mol. The second kappa shape index (κ2) is 8.50. The number of aromatic nitrogens is 4. The number of hydrogen-bond acceptors (Lipinski definition) is 8. The van der Waals surface area contributed by atoms with Crippen molar-refractivity contribution in [3.8, 4) is 17.0 Å². The summed E-state index contributed by atoms with van der Waals surface area (Å²) >= 11 is 0. The van der Waals surface area contributed by atoms with Crippen molar-refractivity contribution in [2.75, 3.05) is 41.3 Å². The number of para-hydroxylation sites is 1. The van der Waals surface area contributed by atoms with Crippen LogP contribution in [0.2, 0.25) is 0 Å². The van der Waals surface area contributed by atoms with Crippen LogP contribution in [-0.4, -0.2) is 57.5 Å². The Labute approximate surface area is 193 Å². The summed E-state index contributed by atoms with van der Waals surface area (Å²) in [6, 6.07) is 11.7. The molecule has 0 bridgehead atoms. The van der Waals surface area contributed by atoms with Crippen LogP contribution in [0, 0.1) is 0 Å². The van der Waals surface area contributed by atoms with Gasteiger partial charge in [0.1, 0.15) is 5.75 Å². The third kappa shape index (κ3) is 3.83. The fourth-order valence-corrected chi connectivity index (χ4v) is 5.43. The Morgan fingerprint density at radius 3 is 2.76 bits per heavy atom. The van der Waals surface area contributed by atoms with Gasteiger partial charge in [-0.2, -0.15) is 0 Å². The highest BCUT2D eigenvalue weighted by atomic mass is 16.3. The summed E-state index contributed by atoms with van der Waals surface area (Å²) < 4.78 is 0. The Kier molecular flexibility index (Phi) is 5.20. The lowest BCUT2D eigenvalue weighted by molar-refractivity contribution is 0.435. The lowest BCUT2D eigenvalue weighted by Gasteiger charge is -2.45. The maximum absolute atomic E-state index is 10.3. The molecule has 1 atom stereocenters. The highest BCUT2D eigenvalue weighted by Gasteiger charge is 2.34. The number of phenols is 1. The molecule has 2 N–H and O–H groups in total. The molecule has 3 aliphatic rings. The number of nitrogens with zero attached hydrogens (tertiary/aromatic N) is 6. The number of benzene rings is 1. The van der Waals surface area contributed by atoms with E-state index in [2.05, 4.69) is 36.4 Å². The fourth-order valence-electron chi connectivity index (χ4n) is 5.43. The zero-order valence-corrected chi connectivity index (χ0v) is 18.7. The number of rotatable bonds is 3. The molecule has 2 aliphatic heterocycles. The summed E-state index contributed by atoms with van der Waals surface area (Å²) in [5.74, 6) is 2.45. The second-order valence-electron chi connectivity index (χ2n) is 9.27. The van der Waals surface area contributed by atoms with E-state index in [0.717, 1.165) is 43.6 Å². The number of aromatic hydroxyl groups is 1. The predicted molar refractivity (Wildman–Crippen MR) is 129 cm³/mol. The Morgan fingerprint density at radius 2 is 1.88 bits per heavy atom. The number of anilines is 3. The maximum atomic E-state index is 10.3. The first-order valence-corrected chi connectivity index (χ1v) is 12.0. The minimum Gasteiger partial charge on any atom is -0.507 e. The van der Waals surface area contributed by atoms with E-state index in [-0.39, 0.29) is 11.8 Å². The highest BCUT2D eigenvalue weighted by molar-refractivity contribution is 5.76. The fraction of sp³-hybridized carbons (Fsp3) is 0.440. The quantitative estimate of drug-likeness (QED) is 0.632. The van der Waals surface area contributed by atoms with Crippen LogP contribution < -0.4 is 15.1 Å². The van der Waals surface area contributed by atoms with Gasteiger partial charge in [0.05, 0.1) is 17.4 Å². The van der Waals surface area contributed by atoms with Gasteiger partial charge < -0.3 is 20.2 Å². The van der Waals surface area contributed by atoms with Crippen LogP contribution >= 0.6 is 0 Å². The van der Waals surface area contributed by atoms with Crippen LogP contribution in [0.1, 0.15) is 43.7 Å². The van der Waals surface area contributed by atoms with Crippen LogP contribution in [0.15, 0.2) is 42.6 Å². The molecule has 6 rings (SSSR count). The zero-order chi connectivity index (χ0) is 22.2. The number of phenolic OH excluding ortho intramolecular Hbond substituents is 1. The Hall–Kier alpha value is -3.42. The summed E-state index contributed by atoms with van der Waals surface area (Å²) in [5, 5.41) is 22.5. The van der Waals surface area contributed by atoms with Gasteiger partial charge in [-0.25, -0.2) is 9.97 Å². The van der Waals surface area contributed by atoms with E-state index in [1.54, 1.807) is 6.07 Å². The average Bonchev–Trinajstić information content (AvgIpc) is 2.89. The van der Waals surface area contributed by atoms with Gasteiger partial charge >= 0.3 is 0 Å².